The van der Waals surface area contributed by atoms with Crippen LogP contribution >= 0.6 is 0 Å². The number of carbonyl (C=O) groups excluding carboxylic acids is 1. The zero-order valence-electron chi connectivity index (χ0n) is 12.5. The van der Waals surface area contributed by atoms with Crippen LogP contribution in [0.25, 0.3) is 0 Å². The standard InChI is InChI=1S/C14H25N3O2/c1-6-17-12(9-11(16-17)10(2)3)13(19)15-14(4,5)7-8-18/h9-10,18H,6-8H2,1-5H3,(H,15,19). The highest BCUT2D eigenvalue weighted by Crippen LogP contribution is 2.16. The largest absolute Gasteiger partial charge is 0.396 e. The summed E-state index contributed by atoms with van der Waals surface area (Å²) in [6.45, 7) is 10.6. The second-order valence-corrected chi connectivity index (χ2v) is 5.74. The molecule has 0 aliphatic carbocycles. The Hall–Kier alpha value is -1.36. The molecule has 1 rings (SSSR count). The van der Waals surface area contributed by atoms with Crippen molar-refractivity contribution in [2.45, 2.75) is 59.0 Å². The number of amides is 1. The topological polar surface area (TPSA) is 67.2 Å². The van der Waals surface area contributed by atoms with E-state index in [0.717, 1.165) is 5.69 Å². The van der Waals surface area contributed by atoms with Crippen LogP contribution < -0.4 is 5.32 Å². The lowest BCUT2D eigenvalue weighted by Crippen LogP contribution is -2.44. The van der Waals surface area contributed by atoms with Gasteiger partial charge in [-0.2, -0.15) is 5.10 Å². The first-order valence-electron chi connectivity index (χ1n) is 6.82. The van der Waals surface area contributed by atoms with Gasteiger partial charge >= 0.3 is 0 Å². The maximum absolute atomic E-state index is 12.3. The molecule has 0 unspecified atom stereocenters. The van der Waals surface area contributed by atoms with Crippen molar-refractivity contribution in [2.24, 2.45) is 0 Å². The SMILES string of the molecule is CCn1nc(C(C)C)cc1C(=O)NC(C)(C)CCO. The summed E-state index contributed by atoms with van der Waals surface area (Å²) in [5, 5.41) is 16.4. The van der Waals surface area contributed by atoms with Gasteiger partial charge in [0.1, 0.15) is 5.69 Å². The van der Waals surface area contributed by atoms with Crippen LogP contribution in [0, 0.1) is 0 Å². The van der Waals surface area contributed by atoms with Crippen molar-refractivity contribution in [1.29, 1.82) is 0 Å². The number of hydrogen-bond donors (Lipinski definition) is 2. The molecule has 0 fully saturated rings. The average Bonchev–Trinajstić information content (AvgIpc) is 2.72. The Morgan fingerprint density at radius 2 is 2.16 bits per heavy atom. The normalized spacial score (nSPS) is 11.9. The van der Waals surface area contributed by atoms with Gasteiger partial charge in [-0.15, -0.1) is 0 Å². The molecule has 1 aromatic heterocycles. The fraction of sp³-hybridized carbons (Fsp3) is 0.714. The van der Waals surface area contributed by atoms with Crippen molar-refractivity contribution in [3.63, 3.8) is 0 Å². The van der Waals surface area contributed by atoms with Gasteiger partial charge in [0.15, 0.2) is 0 Å². The molecule has 5 heteroatoms. The third kappa shape index (κ3) is 4.06. The second kappa shape index (κ2) is 6.19. The summed E-state index contributed by atoms with van der Waals surface area (Å²) in [4.78, 5) is 12.3. The van der Waals surface area contributed by atoms with Crippen LogP contribution in [0.5, 0.6) is 0 Å². The number of carbonyl (C=O) groups is 1. The highest BCUT2D eigenvalue weighted by molar-refractivity contribution is 5.93. The number of aromatic nitrogens is 2. The molecule has 0 saturated carbocycles. The van der Waals surface area contributed by atoms with Gasteiger partial charge in [-0.3, -0.25) is 9.48 Å². The third-order valence-corrected chi connectivity index (χ3v) is 3.11. The molecule has 108 valence electrons. The molecule has 0 aromatic carbocycles. The Kier molecular flexibility index (Phi) is 5.11. The van der Waals surface area contributed by atoms with Gasteiger partial charge in [-0.1, -0.05) is 13.8 Å². The number of aryl methyl sites for hydroxylation is 1. The lowest BCUT2D eigenvalue weighted by molar-refractivity contribution is 0.0888. The minimum atomic E-state index is -0.424. The van der Waals surface area contributed by atoms with E-state index in [1.807, 2.05) is 26.8 Å². The fourth-order valence-electron chi connectivity index (χ4n) is 1.86. The van der Waals surface area contributed by atoms with Gasteiger partial charge in [-0.05, 0) is 39.2 Å². The van der Waals surface area contributed by atoms with E-state index >= 15 is 0 Å². The van der Waals surface area contributed by atoms with Gasteiger partial charge in [0.2, 0.25) is 0 Å². The third-order valence-electron chi connectivity index (χ3n) is 3.11. The Labute approximate surface area is 115 Å². The quantitative estimate of drug-likeness (QED) is 0.827. The highest BCUT2D eigenvalue weighted by Gasteiger charge is 2.23. The molecular weight excluding hydrogens is 242 g/mol. The van der Waals surface area contributed by atoms with E-state index in [9.17, 15) is 4.79 Å². The summed E-state index contributed by atoms with van der Waals surface area (Å²) in [6.07, 6.45) is 0.524. The van der Waals surface area contributed by atoms with Gasteiger partial charge in [-0.25, -0.2) is 0 Å². The van der Waals surface area contributed by atoms with Crippen LogP contribution in [0.4, 0.5) is 0 Å². The van der Waals surface area contributed by atoms with E-state index in [-0.39, 0.29) is 12.5 Å². The molecule has 19 heavy (non-hydrogen) atoms. The molecule has 0 saturated heterocycles. The summed E-state index contributed by atoms with van der Waals surface area (Å²) in [5.74, 6) is 0.157. The lowest BCUT2D eigenvalue weighted by atomic mass is 10.0. The van der Waals surface area contributed by atoms with E-state index in [0.29, 0.717) is 24.6 Å². The fourth-order valence-corrected chi connectivity index (χ4v) is 1.86. The summed E-state index contributed by atoms with van der Waals surface area (Å²) in [5.41, 5.74) is 1.08. The van der Waals surface area contributed by atoms with E-state index in [1.165, 1.54) is 0 Å². The van der Waals surface area contributed by atoms with Crippen molar-refractivity contribution in [1.82, 2.24) is 15.1 Å². The molecule has 2 N–H and O–H groups in total. The lowest BCUT2D eigenvalue weighted by Gasteiger charge is -2.25. The van der Waals surface area contributed by atoms with Gasteiger partial charge in [0, 0.05) is 18.7 Å². The number of nitrogens with one attached hydrogen (secondary N) is 1. The van der Waals surface area contributed by atoms with Gasteiger partial charge in [0.05, 0.1) is 5.69 Å². The first-order valence-corrected chi connectivity index (χ1v) is 6.82. The average molecular weight is 267 g/mol. The van der Waals surface area contributed by atoms with Gasteiger partial charge < -0.3 is 10.4 Å². The minimum Gasteiger partial charge on any atom is -0.396 e. The number of hydrogen-bond acceptors (Lipinski definition) is 3. The summed E-state index contributed by atoms with van der Waals surface area (Å²) in [7, 11) is 0. The molecule has 0 aliphatic heterocycles. The molecule has 0 aliphatic rings. The smallest absolute Gasteiger partial charge is 0.269 e. The molecule has 5 nitrogen and oxygen atoms in total. The Morgan fingerprint density at radius 1 is 1.53 bits per heavy atom. The maximum atomic E-state index is 12.3. The Bertz CT molecular complexity index is 436. The molecule has 1 heterocycles. The van der Waals surface area contributed by atoms with E-state index < -0.39 is 5.54 Å². The van der Waals surface area contributed by atoms with Crippen molar-refractivity contribution in [3.05, 3.63) is 17.5 Å². The first-order chi connectivity index (χ1) is 8.80. The Morgan fingerprint density at radius 3 is 2.63 bits per heavy atom. The summed E-state index contributed by atoms with van der Waals surface area (Å²) < 4.78 is 1.72. The molecule has 1 amide bonds. The molecule has 0 atom stereocenters. The zero-order valence-corrected chi connectivity index (χ0v) is 12.5. The summed E-state index contributed by atoms with van der Waals surface area (Å²) >= 11 is 0. The monoisotopic (exact) mass is 267 g/mol. The number of nitrogens with zero attached hydrogens (tertiary/aromatic N) is 2. The summed E-state index contributed by atoms with van der Waals surface area (Å²) in [6, 6.07) is 1.85. The second-order valence-electron chi connectivity index (χ2n) is 5.74. The van der Waals surface area contributed by atoms with Crippen LogP contribution in [-0.2, 0) is 6.54 Å². The van der Waals surface area contributed by atoms with Crippen molar-refractivity contribution < 1.29 is 9.90 Å². The Balaban J connectivity index is 2.93. The number of aliphatic hydroxyl groups is 1. The van der Waals surface area contributed by atoms with Crippen LogP contribution in [0.1, 0.15) is 63.1 Å². The maximum Gasteiger partial charge on any atom is 0.269 e. The number of rotatable bonds is 6. The molecule has 0 radical (unpaired) electrons. The molecular formula is C14H25N3O2. The zero-order chi connectivity index (χ0) is 14.6. The molecule has 0 spiro atoms. The highest BCUT2D eigenvalue weighted by atomic mass is 16.3. The van der Waals surface area contributed by atoms with Gasteiger partial charge in [0.25, 0.3) is 5.91 Å². The molecule has 0 bridgehead atoms. The first kappa shape index (κ1) is 15.7. The predicted octanol–water partition coefficient (Wildman–Crippen LogP) is 1.92. The van der Waals surface area contributed by atoms with Crippen molar-refractivity contribution >= 4 is 5.91 Å². The van der Waals surface area contributed by atoms with E-state index in [2.05, 4.69) is 24.3 Å². The molecule has 1 aromatic rings. The van der Waals surface area contributed by atoms with E-state index in [4.69, 9.17) is 5.11 Å². The van der Waals surface area contributed by atoms with Crippen molar-refractivity contribution in [3.8, 4) is 0 Å². The number of aliphatic hydroxyl groups excluding tert-OH is 1. The van der Waals surface area contributed by atoms with Crippen LogP contribution in [0.2, 0.25) is 0 Å². The minimum absolute atomic E-state index is 0.0531. The van der Waals surface area contributed by atoms with E-state index in [1.54, 1.807) is 4.68 Å². The van der Waals surface area contributed by atoms with Crippen LogP contribution in [0.3, 0.4) is 0 Å². The predicted molar refractivity (Wildman–Crippen MR) is 75.2 cm³/mol. The van der Waals surface area contributed by atoms with Crippen molar-refractivity contribution in [2.75, 3.05) is 6.61 Å². The van der Waals surface area contributed by atoms with Crippen LogP contribution in [0.15, 0.2) is 6.07 Å². The van der Waals surface area contributed by atoms with Crippen LogP contribution in [-0.4, -0.2) is 32.9 Å².